The Hall–Kier alpha value is -1.40. The zero-order chi connectivity index (χ0) is 12.1. The summed E-state index contributed by atoms with van der Waals surface area (Å²) in [5.74, 6) is -1.04. The second-order valence-electron chi connectivity index (χ2n) is 3.25. The van der Waals surface area contributed by atoms with Crippen molar-refractivity contribution in [3.8, 4) is 0 Å². The number of carbonyl (C=O) groups is 2. The van der Waals surface area contributed by atoms with Crippen molar-refractivity contribution in [2.75, 3.05) is 5.32 Å². The number of benzene rings is 1. The Morgan fingerprint density at radius 1 is 1.38 bits per heavy atom. The number of primary amides is 1. The summed E-state index contributed by atoms with van der Waals surface area (Å²) in [6.07, 6.45) is -0.170. The highest BCUT2D eigenvalue weighted by Crippen LogP contribution is 2.21. The fourth-order valence-corrected chi connectivity index (χ4v) is 1.48. The molecule has 0 saturated heterocycles. The smallest absolute Gasteiger partial charge is 0.241 e. The molecule has 5 nitrogen and oxygen atoms in total. The van der Waals surface area contributed by atoms with E-state index >= 15 is 0 Å². The molecule has 0 aliphatic heterocycles. The topological polar surface area (TPSA) is 98.2 Å². The van der Waals surface area contributed by atoms with E-state index in [0.29, 0.717) is 5.69 Å². The van der Waals surface area contributed by atoms with Gasteiger partial charge in [-0.3, -0.25) is 9.59 Å². The quantitative estimate of drug-likeness (QED) is 0.755. The first-order valence-electron chi connectivity index (χ1n) is 4.60. The zero-order valence-electron chi connectivity index (χ0n) is 8.44. The van der Waals surface area contributed by atoms with Crippen molar-refractivity contribution >= 4 is 33.4 Å². The lowest BCUT2D eigenvalue weighted by atomic mass is 10.2. The van der Waals surface area contributed by atoms with Gasteiger partial charge in [0.15, 0.2) is 0 Å². The van der Waals surface area contributed by atoms with Crippen LogP contribution in [0.1, 0.15) is 6.42 Å². The third kappa shape index (κ3) is 3.63. The maximum absolute atomic E-state index is 11.5. The van der Waals surface area contributed by atoms with E-state index in [-0.39, 0.29) is 6.42 Å². The third-order valence-electron chi connectivity index (χ3n) is 1.89. The molecule has 16 heavy (non-hydrogen) atoms. The van der Waals surface area contributed by atoms with Gasteiger partial charge in [0.25, 0.3) is 0 Å². The predicted octanol–water partition coefficient (Wildman–Crippen LogP) is 0.590. The highest BCUT2D eigenvalue weighted by molar-refractivity contribution is 9.10. The Morgan fingerprint density at radius 2 is 2.00 bits per heavy atom. The van der Waals surface area contributed by atoms with Crippen molar-refractivity contribution < 1.29 is 9.59 Å². The zero-order valence-corrected chi connectivity index (χ0v) is 10.0. The number of nitrogens with two attached hydrogens (primary N) is 2. The summed E-state index contributed by atoms with van der Waals surface area (Å²) >= 11 is 3.28. The highest BCUT2D eigenvalue weighted by Gasteiger charge is 2.16. The standard InChI is InChI=1S/C10H12BrN3O2/c11-6-3-1-2-4-8(6)14-10(16)7(12)5-9(13)15/h1-4,7H,5,12H2,(H2,13,15)(H,14,16). The number of halogens is 1. The second kappa shape index (κ2) is 5.62. The first-order valence-corrected chi connectivity index (χ1v) is 5.39. The van der Waals surface area contributed by atoms with Crippen LogP contribution in [0.2, 0.25) is 0 Å². The molecule has 1 rings (SSSR count). The van der Waals surface area contributed by atoms with Gasteiger partial charge in [0, 0.05) is 4.47 Å². The maximum Gasteiger partial charge on any atom is 0.241 e. The van der Waals surface area contributed by atoms with E-state index in [4.69, 9.17) is 11.5 Å². The third-order valence-corrected chi connectivity index (χ3v) is 2.58. The van der Waals surface area contributed by atoms with E-state index in [1.54, 1.807) is 18.2 Å². The average Bonchev–Trinajstić information content (AvgIpc) is 2.20. The van der Waals surface area contributed by atoms with E-state index in [1.807, 2.05) is 6.07 Å². The van der Waals surface area contributed by atoms with Crippen molar-refractivity contribution in [3.05, 3.63) is 28.7 Å². The van der Waals surface area contributed by atoms with Crippen LogP contribution in [0.3, 0.4) is 0 Å². The Balaban J connectivity index is 2.64. The molecular weight excluding hydrogens is 274 g/mol. The molecule has 0 saturated carbocycles. The molecule has 0 aliphatic rings. The van der Waals surface area contributed by atoms with Crippen LogP contribution >= 0.6 is 15.9 Å². The summed E-state index contributed by atoms with van der Waals surface area (Å²) in [4.78, 5) is 22.1. The lowest BCUT2D eigenvalue weighted by Crippen LogP contribution is -2.39. The van der Waals surface area contributed by atoms with Crippen LogP contribution in [-0.2, 0) is 9.59 Å². The molecule has 1 aromatic carbocycles. The molecule has 0 bridgehead atoms. The fourth-order valence-electron chi connectivity index (χ4n) is 1.10. The number of para-hydroxylation sites is 1. The normalized spacial score (nSPS) is 11.9. The Morgan fingerprint density at radius 3 is 2.56 bits per heavy atom. The highest BCUT2D eigenvalue weighted by atomic mass is 79.9. The van der Waals surface area contributed by atoms with Crippen molar-refractivity contribution in [2.45, 2.75) is 12.5 Å². The molecule has 0 aromatic heterocycles. The van der Waals surface area contributed by atoms with Crippen molar-refractivity contribution in [2.24, 2.45) is 11.5 Å². The number of rotatable bonds is 4. The van der Waals surface area contributed by atoms with Gasteiger partial charge in [0.05, 0.1) is 18.2 Å². The van der Waals surface area contributed by atoms with Gasteiger partial charge in [-0.15, -0.1) is 0 Å². The Kier molecular flexibility index (Phi) is 4.45. The van der Waals surface area contributed by atoms with Crippen LogP contribution in [-0.4, -0.2) is 17.9 Å². The van der Waals surface area contributed by atoms with Gasteiger partial charge in [-0.2, -0.15) is 0 Å². The van der Waals surface area contributed by atoms with Gasteiger partial charge in [-0.25, -0.2) is 0 Å². The van der Waals surface area contributed by atoms with Gasteiger partial charge >= 0.3 is 0 Å². The second-order valence-corrected chi connectivity index (χ2v) is 4.10. The first kappa shape index (κ1) is 12.7. The lowest BCUT2D eigenvalue weighted by Gasteiger charge is -2.11. The average molecular weight is 286 g/mol. The van der Waals surface area contributed by atoms with Crippen molar-refractivity contribution in [1.82, 2.24) is 0 Å². The number of carbonyl (C=O) groups excluding carboxylic acids is 2. The number of hydrogen-bond donors (Lipinski definition) is 3. The van der Waals surface area contributed by atoms with E-state index in [0.717, 1.165) is 4.47 Å². The van der Waals surface area contributed by atoms with Gasteiger partial charge in [0.2, 0.25) is 11.8 Å². The van der Waals surface area contributed by atoms with E-state index < -0.39 is 17.9 Å². The molecule has 0 radical (unpaired) electrons. The summed E-state index contributed by atoms with van der Waals surface area (Å²) < 4.78 is 0.745. The minimum absolute atomic E-state index is 0.170. The number of hydrogen-bond acceptors (Lipinski definition) is 3. The largest absolute Gasteiger partial charge is 0.370 e. The molecule has 0 fully saturated rings. The van der Waals surface area contributed by atoms with Crippen molar-refractivity contribution in [3.63, 3.8) is 0 Å². The minimum atomic E-state index is -0.926. The summed E-state index contributed by atoms with van der Waals surface area (Å²) in [5, 5.41) is 2.60. The molecule has 1 unspecified atom stereocenters. The molecule has 86 valence electrons. The molecule has 0 spiro atoms. The van der Waals surface area contributed by atoms with Crippen LogP contribution in [0, 0.1) is 0 Å². The number of amides is 2. The summed E-state index contributed by atoms with van der Waals surface area (Å²) in [5.41, 5.74) is 11.0. The molecule has 6 heteroatoms. The van der Waals surface area contributed by atoms with Crippen LogP contribution in [0.4, 0.5) is 5.69 Å². The van der Waals surface area contributed by atoms with Gasteiger partial charge in [0.1, 0.15) is 0 Å². The summed E-state index contributed by atoms with van der Waals surface area (Å²) in [7, 11) is 0. The van der Waals surface area contributed by atoms with E-state index in [1.165, 1.54) is 0 Å². The van der Waals surface area contributed by atoms with E-state index in [2.05, 4.69) is 21.2 Å². The van der Waals surface area contributed by atoms with E-state index in [9.17, 15) is 9.59 Å². The van der Waals surface area contributed by atoms with Gasteiger partial charge < -0.3 is 16.8 Å². The predicted molar refractivity (Wildman–Crippen MR) is 64.6 cm³/mol. The molecule has 1 aromatic rings. The lowest BCUT2D eigenvalue weighted by molar-refractivity contribution is -0.123. The molecule has 5 N–H and O–H groups in total. The summed E-state index contributed by atoms with van der Waals surface area (Å²) in [6.45, 7) is 0. The Labute approximate surface area is 101 Å². The van der Waals surface area contributed by atoms with Crippen molar-refractivity contribution in [1.29, 1.82) is 0 Å². The SMILES string of the molecule is NC(=O)CC(N)C(=O)Nc1ccccc1Br. The summed E-state index contributed by atoms with van der Waals surface area (Å²) in [6, 6.07) is 6.18. The molecule has 0 heterocycles. The monoisotopic (exact) mass is 285 g/mol. The van der Waals surface area contributed by atoms with Crippen LogP contribution < -0.4 is 16.8 Å². The van der Waals surface area contributed by atoms with Crippen LogP contribution in [0.5, 0.6) is 0 Å². The molecule has 1 atom stereocenters. The molecule has 2 amide bonds. The van der Waals surface area contributed by atoms with Crippen LogP contribution in [0.25, 0.3) is 0 Å². The van der Waals surface area contributed by atoms with Crippen LogP contribution in [0.15, 0.2) is 28.7 Å². The minimum Gasteiger partial charge on any atom is -0.370 e. The van der Waals surface area contributed by atoms with Gasteiger partial charge in [-0.1, -0.05) is 12.1 Å². The molecular formula is C10H12BrN3O2. The molecule has 0 aliphatic carbocycles. The number of anilines is 1. The fraction of sp³-hybridized carbons (Fsp3) is 0.200. The number of nitrogens with one attached hydrogen (secondary N) is 1. The Bertz CT molecular complexity index is 409. The van der Waals surface area contributed by atoms with Gasteiger partial charge in [-0.05, 0) is 28.1 Å². The maximum atomic E-state index is 11.5. The first-order chi connectivity index (χ1) is 7.50.